The number of fused-ring (bicyclic) bond motifs is 1. The van der Waals surface area contributed by atoms with E-state index >= 15 is 0 Å². The summed E-state index contributed by atoms with van der Waals surface area (Å²) >= 11 is 1.91. The number of hydrogen-bond donors (Lipinski definition) is 1. The molecule has 1 aromatic carbocycles. The van der Waals surface area contributed by atoms with E-state index in [9.17, 15) is 0 Å². The molecule has 1 aliphatic rings. The molecule has 0 fully saturated rings. The Morgan fingerprint density at radius 3 is 2.94 bits per heavy atom. The van der Waals surface area contributed by atoms with Crippen LogP contribution in [0.5, 0.6) is 0 Å². The van der Waals surface area contributed by atoms with Gasteiger partial charge in [-0.1, -0.05) is 18.2 Å². The predicted molar refractivity (Wildman–Crippen MR) is 78.2 cm³/mol. The van der Waals surface area contributed by atoms with E-state index < -0.39 is 0 Å². The average Bonchev–Trinajstić information content (AvgIpc) is 2.87. The molecule has 2 nitrogen and oxygen atoms in total. The number of rotatable bonds is 4. The molecule has 0 radical (unpaired) electrons. The van der Waals surface area contributed by atoms with Crippen molar-refractivity contribution in [1.82, 2.24) is 4.90 Å². The lowest BCUT2D eigenvalue weighted by molar-refractivity contribution is 0.266. The molecule has 0 amide bonds. The van der Waals surface area contributed by atoms with Crippen molar-refractivity contribution in [1.29, 1.82) is 0 Å². The molecule has 0 atom stereocenters. The van der Waals surface area contributed by atoms with Gasteiger partial charge >= 0.3 is 0 Å². The van der Waals surface area contributed by atoms with Crippen LogP contribution >= 0.6 is 11.3 Å². The van der Waals surface area contributed by atoms with Crippen LogP contribution in [0.2, 0.25) is 0 Å². The van der Waals surface area contributed by atoms with Crippen molar-refractivity contribution in [3.8, 4) is 0 Å². The van der Waals surface area contributed by atoms with E-state index in [0.717, 1.165) is 19.6 Å². The lowest BCUT2D eigenvalue weighted by Gasteiger charge is -2.26. The van der Waals surface area contributed by atoms with Gasteiger partial charge in [-0.05, 0) is 35.6 Å². The molecule has 0 bridgehead atoms. The molecule has 0 spiro atoms. The highest BCUT2D eigenvalue weighted by molar-refractivity contribution is 7.10. The lowest BCUT2D eigenvalue weighted by Crippen LogP contribution is -2.33. The second kappa shape index (κ2) is 5.55. The van der Waals surface area contributed by atoms with E-state index in [1.54, 1.807) is 4.88 Å². The summed E-state index contributed by atoms with van der Waals surface area (Å²) in [5.74, 6) is 0. The van der Waals surface area contributed by atoms with Gasteiger partial charge in [0.2, 0.25) is 0 Å². The van der Waals surface area contributed by atoms with Crippen molar-refractivity contribution in [3.63, 3.8) is 0 Å². The first-order valence-corrected chi connectivity index (χ1v) is 7.36. The molecule has 1 N–H and O–H groups in total. The van der Waals surface area contributed by atoms with Crippen LogP contribution in [0.1, 0.15) is 10.4 Å². The molecule has 0 saturated heterocycles. The highest BCUT2D eigenvalue weighted by atomic mass is 32.1. The van der Waals surface area contributed by atoms with Crippen LogP contribution in [0, 0.1) is 0 Å². The highest BCUT2D eigenvalue weighted by Gasteiger charge is 2.16. The van der Waals surface area contributed by atoms with Gasteiger partial charge < -0.3 is 5.32 Å². The Morgan fingerprint density at radius 1 is 1.17 bits per heavy atom. The predicted octanol–water partition coefficient (Wildman–Crippen LogP) is 3.22. The normalized spacial score (nSPS) is 15.3. The molecule has 0 unspecified atom stereocenters. The van der Waals surface area contributed by atoms with E-state index in [-0.39, 0.29) is 0 Å². The van der Waals surface area contributed by atoms with E-state index in [1.165, 1.54) is 24.2 Å². The Morgan fingerprint density at radius 2 is 2.06 bits per heavy atom. The second-order valence-corrected chi connectivity index (χ2v) is 5.69. The van der Waals surface area contributed by atoms with Crippen LogP contribution in [-0.2, 0) is 13.0 Å². The number of nitrogens with zero attached hydrogens (tertiary/aromatic N) is 1. The number of benzene rings is 1. The molecule has 94 valence electrons. The van der Waals surface area contributed by atoms with E-state index in [2.05, 4.69) is 45.9 Å². The Kier molecular flexibility index (Phi) is 3.62. The van der Waals surface area contributed by atoms with Crippen molar-refractivity contribution >= 4 is 17.0 Å². The van der Waals surface area contributed by atoms with Gasteiger partial charge in [-0.15, -0.1) is 11.3 Å². The molecule has 0 saturated carbocycles. The maximum atomic E-state index is 3.47. The Labute approximate surface area is 112 Å². The quantitative estimate of drug-likeness (QED) is 0.906. The third-order valence-corrected chi connectivity index (χ3v) is 4.44. The Bertz CT molecular complexity index is 492. The number of nitrogens with one attached hydrogen (secondary N) is 1. The fourth-order valence-corrected chi connectivity index (χ4v) is 3.30. The number of hydrogen-bond acceptors (Lipinski definition) is 3. The Balaban J connectivity index is 1.48. The zero-order valence-electron chi connectivity index (χ0n) is 10.4. The molecule has 3 rings (SSSR count). The maximum Gasteiger partial charge on any atom is 0.0340 e. The molecule has 1 aliphatic heterocycles. The summed E-state index contributed by atoms with van der Waals surface area (Å²) < 4.78 is 0. The average molecular weight is 258 g/mol. The highest BCUT2D eigenvalue weighted by Crippen LogP contribution is 2.23. The summed E-state index contributed by atoms with van der Waals surface area (Å²) in [4.78, 5) is 4.12. The smallest absolute Gasteiger partial charge is 0.0340 e. The first-order chi connectivity index (χ1) is 8.92. The topological polar surface area (TPSA) is 15.3 Å². The first kappa shape index (κ1) is 11.8. The summed E-state index contributed by atoms with van der Waals surface area (Å²) in [5.41, 5.74) is 2.75. The van der Waals surface area contributed by atoms with Crippen LogP contribution in [0.4, 0.5) is 5.69 Å². The number of anilines is 1. The van der Waals surface area contributed by atoms with Gasteiger partial charge in [0.1, 0.15) is 0 Å². The van der Waals surface area contributed by atoms with Crippen LogP contribution < -0.4 is 5.32 Å². The van der Waals surface area contributed by atoms with Crippen molar-refractivity contribution in [3.05, 3.63) is 52.2 Å². The van der Waals surface area contributed by atoms with Gasteiger partial charge in [0.15, 0.2) is 0 Å². The van der Waals surface area contributed by atoms with Gasteiger partial charge in [0, 0.05) is 36.7 Å². The van der Waals surface area contributed by atoms with Crippen LogP contribution in [-0.4, -0.2) is 24.5 Å². The van der Waals surface area contributed by atoms with Gasteiger partial charge in [0.25, 0.3) is 0 Å². The monoisotopic (exact) mass is 258 g/mol. The SMILES string of the molecule is c1ccc(NCCN2CCc3sccc3C2)cc1. The Hall–Kier alpha value is -1.32. The van der Waals surface area contributed by atoms with E-state index in [4.69, 9.17) is 0 Å². The molecular weight excluding hydrogens is 240 g/mol. The summed E-state index contributed by atoms with van der Waals surface area (Å²) in [6.45, 7) is 4.45. The molecule has 0 aliphatic carbocycles. The maximum absolute atomic E-state index is 3.47. The third kappa shape index (κ3) is 2.74. The van der Waals surface area contributed by atoms with Crippen LogP contribution in [0.25, 0.3) is 0 Å². The van der Waals surface area contributed by atoms with Crippen LogP contribution in [0.15, 0.2) is 41.8 Å². The third-order valence-electron chi connectivity index (χ3n) is 3.42. The zero-order valence-corrected chi connectivity index (χ0v) is 11.2. The lowest BCUT2D eigenvalue weighted by atomic mass is 10.1. The van der Waals surface area contributed by atoms with Crippen molar-refractivity contribution < 1.29 is 0 Å². The summed E-state index contributed by atoms with van der Waals surface area (Å²) in [6.07, 6.45) is 1.22. The van der Waals surface area contributed by atoms with Crippen LogP contribution in [0.3, 0.4) is 0 Å². The summed E-state index contributed by atoms with van der Waals surface area (Å²) in [6, 6.07) is 12.7. The van der Waals surface area contributed by atoms with Gasteiger partial charge in [-0.2, -0.15) is 0 Å². The molecular formula is C15H18N2S. The number of thiophene rings is 1. The minimum absolute atomic E-state index is 1.02. The molecule has 2 aromatic rings. The number of para-hydroxylation sites is 1. The first-order valence-electron chi connectivity index (χ1n) is 6.48. The minimum atomic E-state index is 1.02. The summed E-state index contributed by atoms with van der Waals surface area (Å²) in [5, 5.41) is 5.69. The molecule has 3 heteroatoms. The second-order valence-electron chi connectivity index (χ2n) is 4.69. The van der Waals surface area contributed by atoms with E-state index in [1.807, 2.05) is 17.4 Å². The zero-order chi connectivity index (χ0) is 12.2. The fourth-order valence-electron chi connectivity index (χ4n) is 2.41. The van der Waals surface area contributed by atoms with Gasteiger partial charge in [0.05, 0.1) is 0 Å². The van der Waals surface area contributed by atoms with Crippen molar-refractivity contribution in [2.75, 3.05) is 25.0 Å². The van der Waals surface area contributed by atoms with E-state index in [0.29, 0.717) is 0 Å². The van der Waals surface area contributed by atoms with Gasteiger partial charge in [-0.3, -0.25) is 4.90 Å². The molecule has 2 heterocycles. The standard InChI is InChI=1S/C15H18N2S/c1-2-4-14(5-3-1)16-8-10-17-9-6-15-13(12-17)7-11-18-15/h1-5,7,11,16H,6,8-10,12H2. The minimum Gasteiger partial charge on any atom is -0.384 e. The fraction of sp³-hybridized carbons (Fsp3) is 0.333. The van der Waals surface area contributed by atoms with Crippen molar-refractivity contribution in [2.24, 2.45) is 0 Å². The molecule has 18 heavy (non-hydrogen) atoms. The summed E-state index contributed by atoms with van der Waals surface area (Å²) in [7, 11) is 0. The van der Waals surface area contributed by atoms with Gasteiger partial charge in [-0.25, -0.2) is 0 Å². The molecule has 1 aromatic heterocycles. The van der Waals surface area contributed by atoms with Crippen molar-refractivity contribution in [2.45, 2.75) is 13.0 Å². The largest absolute Gasteiger partial charge is 0.384 e.